The summed E-state index contributed by atoms with van der Waals surface area (Å²) in [5, 5.41) is 4.14. The van der Waals surface area contributed by atoms with Gasteiger partial charge in [0.05, 0.1) is 17.2 Å². The Morgan fingerprint density at radius 3 is 0.798 bits per heavy atom. The van der Waals surface area contributed by atoms with Crippen LogP contribution >= 0.6 is 25.0 Å². The van der Waals surface area contributed by atoms with E-state index in [2.05, 4.69) is 395 Å². The molecule has 109 heavy (non-hydrogen) atoms. The molecule has 0 aliphatic carbocycles. The first-order chi connectivity index (χ1) is 49.9. The largest absolute Gasteiger partial charge is 0.435 e. The molecule has 2 N–H and O–H groups in total. The molecular weight excluding hydrogens is 1400 g/mol. The summed E-state index contributed by atoms with van der Waals surface area (Å²) in [7, 11) is -4.84. The third-order valence-electron chi connectivity index (χ3n) is 18.9. The summed E-state index contributed by atoms with van der Waals surface area (Å²) in [5.74, 6) is 3.39. The summed E-state index contributed by atoms with van der Waals surface area (Å²) in [6, 6.07) is 52.9. The van der Waals surface area contributed by atoms with E-state index in [1.807, 2.05) is 0 Å². The van der Waals surface area contributed by atoms with Crippen molar-refractivity contribution >= 4 is 57.5 Å². The molecule has 0 bridgehead atoms. The fourth-order valence-corrected chi connectivity index (χ4v) is 16.0. The van der Waals surface area contributed by atoms with Crippen LogP contribution in [0.4, 0.5) is 0 Å². The van der Waals surface area contributed by atoms with Gasteiger partial charge in [0.25, 0.3) is 0 Å². The first kappa shape index (κ1) is 91.5. The van der Waals surface area contributed by atoms with E-state index in [0.29, 0.717) is 13.2 Å². The van der Waals surface area contributed by atoms with Gasteiger partial charge in [-0.05, 0) is 162 Å². The van der Waals surface area contributed by atoms with Crippen LogP contribution in [0.2, 0.25) is 0 Å². The molecule has 596 valence electrons. The highest BCUT2D eigenvalue weighted by atomic mass is 31.2. The quantitative estimate of drug-likeness (QED) is 0.108. The maximum absolute atomic E-state index is 7.17. The van der Waals surface area contributed by atoms with Crippen LogP contribution in [0.3, 0.4) is 0 Å². The van der Waals surface area contributed by atoms with Crippen molar-refractivity contribution in [3.05, 3.63) is 212 Å². The molecule has 11 heteroatoms. The number of hydrogen-bond acceptors (Lipinski definition) is 8. The zero-order chi connectivity index (χ0) is 82.3. The van der Waals surface area contributed by atoms with Crippen molar-refractivity contribution in [3.8, 4) is 34.1 Å². The predicted octanol–water partition coefficient (Wildman–Crippen LogP) is 29.6. The van der Waals surface area contributed by atoms with Crippen molar-refractivity contribution in [2.24, 2.45) is 5.73 Å². The van der Waals surface area contributed by atoms with Gasteiger partial charge in [-0.15, -0.1) is 0 Å². The second-order valence-electron chi connectivity index (χ2n) is 40.1. The molecule has 8 nitrogen and oxygen atoms in total. The molecule has 0 amide bonds. The van der Waals surface area contributed by atoms with Crippen LogP contribution < -0.4 is 39.0 Å². The lowest BCUT2D eigenvalue weighted by Crippen LogP contribution is -2.20. The molecule has 0 radical (unpaired) electrons. The van der Waals surface area contributed by atoms with Gasteiger partial charge in [0.15, 0.2) is 0 Å². The zero-order valence-electron chi connectivity index (χ0n) is 74.5. The average molecular weight is 1540 g/mol. The number of aryl methyl sites for hydroxylation is 2. The molecule has 1 aromatic heterocycles. The predicted molar refractivity (Wildman–Crippen MR) is 478 cm³/mol. The van der Waals surface area contributed by atoms with E-state index >= 15 is 0 Å². The highest BCUT2D eigenvalue weighted by molar-refractivity contribution is 7.57. The molecular formula is C98H142NO7P3. The number of hydrogen-bond donors (Lipinski definition) is 1. The lowest BCUT2D eigenvalue weighted by molar-refractivity contribution is 0.380. The molecule has 0 saturated heterocycles. The van der Waals surface area contributed by atoms with Gasteiger partial charge in [0.1, 0.15) is 34.2 Å². The molecule has 0 fully saturated rings. The second kappa shape index (κ2) is 35.8. The minimum Gasteiger partial charge on any atom is -0.435 e. The summed E-state index contributed by atoms with van der Waals surface area (Å²) in [5.41, 5.74) is 23.4. The maximum Gasteiger partial charge on any atom is 0.387 e. The maximum atomic E-state index is 7.17. The third kappa shape index (κ3) is 24.8. The Balaban J connectivity index is 0.000000378. The van der Waals surface area contributed by atoms with Gasteiger partial charge in [0.2, 0.25) is 0 Å². The smallest absolute Gasteiger partial charge is 0.387 e. The molecule has 0 spiro atoms. The van der Waals surface area contributed by atoms with Crippen LogP contribution in [0.5, 0.6) is 23.0 Å². The van der Waals surface area contributed by atoms with Gasteiger partial charge in [-0.1, -0.05) is 344 Å². The average Bonchev–Trinajstić information content (AvgIpc) is 1.69. The summed E-state index contributed by atoms with van der Waals surface area (Å²) in [6.45, 7) is 81.1. The Morgan fingerprint density at radius 1 is 0.303 bits per heavy atom. The van der Waals surface area contributed by atoms with Crippen molar-refractivity contribution < 1.29 is 31.0 Å². The Labute approximate surface area is 666 Å². The van der Waals surface area contributed by atoms with Gasteiger partial charge in [0, 0.05) is 50.7 Å². The summed E-state index contributed by atoms with van der Waals surface area (Å²) in [4.78, 5) is 0. The number of rotatable bonds is 14. The minimum absolute atomic E-state index is 0.0000469. The Morgan fingerprint density at radius 2 is 0.550 bits per heavy atom. The Bertz CT molecular complexity index is 4290. The van der Waals surface area contributed by atoms with Gasteiger partial charge in [-0.25, -0.2) is 0 Å². The molecule has 0 atom stereocenters. The van der Waals surface area contributed by atoms with E-state index < -0.39 is 25.0 Å². The zero-order valence-corrected chi connectivity index (χ0v) is 77.1. The van der Waals surface area contributed by atoms with E-state index in [-0.39, 0.29) is 54.1 Å². The molecule has 0 unspecified atom stereocenters. The molecule has 9 rings (SSSR count). The van der Waals surface area contributed by atoms with E-state index in [1.54, 1.807) is 0 Å². The van der Waals surface area contributed by atoms with Crippen LogP contribution in [0, 0.1) is 13.8 Å². The van der Waals surface area contributed by atoms with Crippen molar-refractivity contribution in [2.45, 2.75) is 316 Å². The van der Waals surface area contributed by atoms with Crippen LogP contribution in [0.1, 0.15) is 315 Å². The van der Waals surface area contributed by atoms with Gasteiger partial charge < -0.3 is 32.2 Å². The van der Waals surface area contributed by atoms with Crippen LogP contribution in [-0.4, -0.2) is 13.2 Å². The number of fused-ring (bicyclic) bond motifs is 3. The number of benzene rings is 8. The van der Waals surface area contributed by atoms with Gasteiger partial charge >= 0.3 is 25.0 Å². The first-order valence-corrected chi connectivity index (χ1v) is 43.3. The molecule has 0 aliphatic rings. The highest BCUT2D eigenvalue weighted by Gasteiger charge is 2.34. The lowest BCUT2D eigenvalue weighted by atomic mass is 9.77. The molecule has 0 saturated carbocycles. The SMILES string of the molecule is CC(C)(C)c1cc(C(C)(C)C)c2op(OCCN)oc3c(C(C)(C)C)cc(C(C)(C)C)cc3c2c1.CCC.CCC.Cc1ccc(OP(Oc2ccc(C)cc2C(C)(C)C)c2ccc(-c3ccc(P(Oc4ccc(C(C)(C)C)cc4C(C)(C)C)Oc4ccc(C(C)(C)C)cc4C(C)(C)C)cc3)cc2)c(C(C)(C)C)c1. The van der Waals surface area contributed by atoms with Crippen molar-refractivity contribution in [2.75, 3.05) is 13.2 Å². The fourth-order valence-electron chi connectivity index (χ4n) is 12.3. The van der Waals surface area contributed by atoms with E-state index in [4.69, 9.17) is 36.7 Å². The van der Waals surface area contributed by atoms with Crippen LogP contribution in [0.15, 0.2) is 154 Å². The Kier molecular flexibility index (Phi) is 30.0. The van der Waals surface area contributed by atoms with Crippen molar-refractivity contribution in [1.82, 2.24) is 0 Å². The van der Waals surface area contributed by atoms with Gasteiger partial charge in [-0.2, -0.15) is 0 Å². The summed E-state index contributed by atoms with van der Waals surface area (Å²) >= 11 is 0. The topological polar surface area (TPSA) is 98.5 Å². The van der Waals surface area contributed by atoms with E-state index in [1.165, 1.54) is 68.5 Å². The second-order valence-corrected chi connectivity index (χ2v) is 44.0. The van der Waals surface area contributed by atoms with Crippen molar-refractivity contribution in [1.29, 1.82) is 0 Å². The lowest BCUT2D eigenvalue weighted by Gasteiger charge is -2.30. The molecule has 1 heterocycles. The summed E-state index contributed by atoms with van der Waals surface area (Å²) < 4.78 is 47.7. The molecule has 9 aromatic rings. The van der Waals surface area contributed by atoms with E-state index in [0.717, 1.165) is 77.8 Å². The van der Waals surface area contributed by atoms with Gasteiger partial charge in [-0.3, -0.25) is 4.52 Å². The minimum atomic E-state index is -1.66. The van der Waals surface area contributed by atoms with E-state index in [9.17, 15) is 0 Å². The number of nitrogens with two attached hydrogens (primary N) is 1. The molecule has 0 aliphatic heterocycles. The Hall–Kier alpha value is -6.36. The normalized spacial score (nSPS) is 12.8. The fraction of sp³-hybridized carbons (Fsp3) is 0.510. The monoisotopic (exact) mass is 1540 g/mol. The van der Waals surface area contributed by atoms with Crippen LogP contribution in [-0.2, 0) is 54.1 Å². The first-order valence-electron chi connectivity index (χ1n) is 39.9. The van der Waals surface area contributed by atoms with Crippen molar-refractivity contribution in [3.63, 3.8) is 0 Å². The summed E-state index contributed by atoms with van der Waals surface area (Å²) in [6.07, 6.45) is 2.50. The van der Waals surface area contributed by atoms with Crippen LogP contribution in [0.25, 0.3) is 33.1 Å². The highest BCUT2D eigenvalue weighted by Crippen LogP contribution is 2.51. The third-order valence-corrected chi connectivity index (χ3v) is 22.8. The standard InChI is InChI=1S/C62H80O4P2.C30H46NO3P.2C3H8/c1-41-21-33-53(49(37-41)59(9,10)11)63-67(64-54-34-22-42(2)38-50(54)60(12,13)14)47-29-23-43(24-30-47)44-25-31-48(32-26-44)68(65-55-35-27-45(57(3,4)5)39-51(55)61(15,16)17)66-56-36-28-46(58(6,7)8)40-52(56)62(18,19)20;1-27(2,3)19-15-21-22-16-20(28(4,5)6)18-24(30(10,11)12)26(22)34-35(32-14-13-31)33-25(21)23(17-19)29(7,8)9;2*1-3-2/h21-40H,1-20H3;15-18H,13-14,31H2,1-12H3;2*3H2,1-2H3. The molecule has 8 aromatic carbocycles.